The zero-order chi connectivity index (χ0) is 17.7. The van der Waals surface area contributed by atoms with Crippen molar-refractivity contribution in [2.75, 3.05) is 13.6 Å². The summed E-state index contributed by atoms with van der Waals surface area (Å²) in [5.41, 5.74) is 4.08. The molecule has 0 amide bonds. The van der Waals surface area contributed by atoms with E-state index in [0.29, 0.717) is 24.3 Å². The second-order valence-corrected chi connectivity index (χ2v) is 8.01. The Kier molecular flexibility index (Phi) is 4.03. The fraction of sp³-hybridized carbons (Fsp3) is 0.524. The number of rotatable bonds is 4. The average molecular weight is 338 g/mol. The minimum absolute atomic E-state index is 0.0101. The first-order valence-electron chi connectivity index (χ1n) is 9.25. The van der Waals surface area contributed by atoms with Crippen LogP contribution in [-0.4, -0.2) is 41.1 Å². The molecule has 3 atom stereocenters. The first-order valence-corrected chi connectivity index (χ1v) is 9.25. The molecule has 0 radical (unpaired) electrons. The van der Waals surface area contributed by atoms with E-state index in [-0.39, 0.29) is 11.6 Å². The van der Waals surface area contributed by atoms with Gasteiger partial charge < -0.3 is 9.88 Å². The Morgan fingerprint density at radius 1 is 1.28 bits per heavy atom. The lowest BCUT2D eigenvalue weighted by atomic mass is 9.70. The number of hydrogen-bond acceptors (Lipinski definition) is 3. The number of fused-ring (bicyclic) bond motifs is 2. The predicted octanol–water partition coefficient (Wildman–Crippen LogP) is 3.31. The number of hydrogen-bond donors (Lipinski definition) is 1. The Balaban J connectivity index is 1.65. The van der Waals surface area contributed by atoms with Gasteiger partial charge in [-0.3, -0.25) is 9.59 Å². The highest BCUT2D eigenvalue weighted by Crippen LogP contribution is 2.45. The molecule has 1 aromatic heterocycles. The number of Topliss-reactive ketones (excluding diaryl/α,β-unsaturated/α-hetero) is 2. The zero-order valence-corrected chi connectivity index (χ0v) is 15.2. The van der Waals surface area contributed by atoms with Crippen LogP contribution in [0.15, 0.2) is 24.4 Å². The maximum absolute atomic E-state index is 11.9. The third-order valence-corrected chi connectivity index (χ3v) is 6.36. The van der Waals surface area contributed by atoms with Crippen molar-refractivity contribution in [2.45, 2.75) is 45.1 Å². The van der Waals surface area contributed by atoms with Crippen LogP contribution < -0.4 is 0 Å². The minimum Gasteiger partial charge on any atom is -0.361 e. The van der Waals surface area contributed by atoms with Crippen molar-refractivity contribution < 1.29 is 9.59 Å². The number of aromatic amines is 1. The van der Waals surface area contributed by atoms with Gasteiger partial charge in [0, 0.05) is 35.6 Å². The Morgan fingerprint density at radius 2 is 2.04 bits per heavy atom. The van der Waals surface area contributed by atoms with Crippen molar-refractivity contribution in [3.05, 3.63) is 35.5 Å². The molecule has 2 heterocycles. The molecule has 2 aromatic rings. The highest BCUT2D eigenvalue weighted by molar-refractivity contribution is 6.00. The molecule has 0 unspecified atom stereocenters. The molecule has 4 rings (SSSR count). The normalized spacial score (nSPS) is 26.0. The number of H-pyrrole nitrogens is 1. The zero-order valence-electron chi connectivity index (χ0n) is 15.2. The number of nitrogens with one attached hydrogen (secondary N) is 1. The molecule has 1 N–H and O–H groups in total. The number of carbonyl (C=O) groups excluding carboxylic acids is 2. The summed E-state index contributed by atoms with van der Waals surface area (Å²) in [7, 11) is 2.19. The van der Waals surface area contributed by atoms with Gasteiger partial charge in [0.1, 0.15) is 11.6 Å². The predicted molar refractivity (Wildman–Crippen MR) is 98.7 cm³/mol. The molecule has 4 heteroatoms. The summed E-state index contributed by atoms with van der Waals surface area (Å²) in [5, 5.41) is 1.40. The van der Waals surface area contributed by atoms with Crippen LogP contribution in [0.2, 0.25) is 0 Å². The molecule has 0 bridgehead atoms. The highest BCUT2D eigenvalue weighted by atomic mass is 16.1. The standard InChI is InChI=1S/C21H26N2O2/c1-12(24)17(13(2)25)7-14-8-18-16-5-4-6-19-21(16)15(10-22-19)9-20(18)23(3)11-14/h4-6,10,14,17-18,20,22H,7-9,11H2,1-3H3/t14-,18+,20+/m0/s1. The lowest BCUT2D eigenvalue weighted by Gasteiger charge is -2.46. The Morgan fingerprint density at radius 3 is 2.76 bits per heavy atom. The molecule has 1 aliphatic carbocycles. The number of ketones is 2. The third kappa shape index (κ3) is 2.73. The molecular formula is C21H26N2O2. The summed E-state index contributed by atoms with van der Waals surface area (Å²) in [6.07, 6.45) is 4.99. The largest absolute Gasteiger partial charge is 0.361 e. The van der Waals surface area contributed by atoms with Crippen LogP contribution in [0.3, 0.4) is 0 Å². The monoisotopic (exact) mass is 338 g/mol. The van der Waals surface area contributed by atoms with E-state index in [1.54, 1.807) is 13.8 Å². The molecule has 132 valence electrons. The number of likely N-dealkylation sites (N-methyl/N-ethyl adjacent to an activating group) is 1. The second kappa shape index (κ2) is 6.10. The number of piperidine rings is 1. The van der Waals surface area contributed by atoms with Crippen LogP contribution in [0.4, 0.5) is 0 Å². The molecule has 1 aliphatic heterocycles. The molecule has 1 fully saturated rings. The quantitative estimate of drug-likeness (QED) is 0.870. The molecule has 0 saturated carbocycles. The van der Waals surface area contributed by atoms with Crippen LogP contribution in [0.5, 0.6) is 0 Å². The summed E-state index contributed by atoms with van der Waals surface area (Å²) in [5.74, 6) is 0.458. The summed E-state index contributed by atoms with van der Waals surface area (Å²) in [6, 6.07) is 7.06. The summed E-state index contributed by atoms with van der Waals surface area (Å²) >= 11 is 0. The summed E-state index contributed by atoms with van der Waals surface area (Å²) < 4.78 is 0. The van der Waals surface area contributed by atoms with Gasteiger partial charge in [0.15, 0.2) is 0 Å². The van der Waals surface area contributed by atoms with Crippen molar-refractivity contribution in [3.8, 4) is 0 Å². The van der Waals surface area contributed by atoms with Gasteiger partial charge in [-0.15, -0.1) is 0 Å². The van der Waals surface area contributed by atoms with Crippen molar-refractivity contribution in [1.82, 2.24) is 9.88 Å². The molecular weight excluding hydrogens is 312 g/mol. The molecule has 25 heavy (non-hydrogen) atoms. The molecule has 0 spiro atoms. The average Bonchev–Trinajstić information content (AvgIpc) is 2.98. The number of nitrogens with zero attached hydrogens (tertiary/aromatic N) is 1. The molecule has 1 aromatic carbocycles. The minimum atomic E-state index is -0.433. The summed E-state index contributed by atoms with van der Waals surface area (Å²) in [6.45, 7) is 4.07. The molecule has 1 saturated heterocycles. The molecule has 2 aliphatic rings. The lowest BCUT2D eigenvalue weighted by molar-refractivity contribution is -0.131. The van der Waals surface area contributed by atoms with E-state index in [2.05, 4.69) is 41.3 Å². The van der Waals surface area contributed by atoms with Crippen LogP contribution in [0.25, 0.3) is 10.9 Å². The van der Waals surface area contributed by atoms with E-state index in [4.69, 9.17) is 0 Å². The van der Waals surface area contributed by atoms with Crippen molar-refractivity contribution in [2.24, 2.45) is 11.8 Å². The van der Waals surface area contributed by atoms with E-state index in [0.717, 1.165) is 19.4 Å². The van der Waals surface area contributed by atoms with Gasteiger partial charge in [0.2, 0.25) is 0 Å². The number of carbonyl (C=O) groups is 2. The first-order chi connectivity index (χ1) is 12.0. The van der Waals surface area contributed by atoms with Gasteiger partial charge >= 0.3 is 0 Å². The van der Waals surface area contributed by atoms with Gasteiger partial charge in [-0.25, -0.2) is 0 Å². The Bertz CT molecular complexity index is 824. The highest BCUT2D eigenvalue weighted by Gasteiger charge is 2.40. The number of benzene rings is 1. The van der Waals surface area contributed by atoms with Crippen molar-refractivity contribution >= 4 is 22.5 Å². The fourth-order valence-electron chi connectivity index (χ4n) is 5.18. The topological polar surface area (TPSA) is 53.2 Å². The number of likely N-dealkylation sites (tertiary alicyclic amines) is 1. The van der Waals surface area contributed by atoms with Gasteiger partial charge in [-0.2, -0.15) is 0 Å². The van der Waals surface area contributed by atoms with Crippen molar-refractivity contribution in [3.63, 3.8) is 0 Å². The Labute approximate surface area is 148 Å². The fourth-order valence-corrected chi connectivity index (χ4v) is 5.18. The van der Waals surface area contributed by atoms with Crippen LogP contribution in [-0.2, 0) is 16.0 Å². The second-order valence-electron chi connectivity index (χ2n) is 8.01. The van der Waals surface area contributed by atoms with Gasteiger partial charge in [-0.1, -0.05) is 12.1 Å². The smallest absolute Gasteiger partial charge is 0.140 e. The molecule has 4 nitrogen and oxygen atoms in total. The SMILES string of the molecule is CC(=O)C(C[C@H]1C[C@@H]2c3cccc4[nH]cc(c34)C[C@H]2N(C)C1)C(C)=O. The van der Waals surface area contributed by atoms with Crippen LogP contribution >= 0.6 is 0 Å². The summed E-state index contributed by atoms with van der Waals surface area (Å²) in [4.78, 5) is 29.6. The lowest BCUT2D eigenvalue weighted by Crippen LogP contribution is -2.48. The first kappa shape index (κ1) is 16.5. The van der Waals surface area contributed by atoms with E-state index in [1.807, 2.05) is 0 Å². The Hall–Kier alpha value is -1.94. The van der Waals surface area contributed by atoms with Gasteiger partial charge in [-0.05, 0) is 63.3 Å². The maximum Gasteiger partial charge on any atom is 0.140 e. The van der Waals surface area contributed by atoms with Gasteiger partial charge in [0.05, 0.1) is 5.92 Å². The van der Waals surface area contributed by atoms with Crippen LogP contribution in [0.1, 0.15) is 43.7 Å². The van der Waals surface area contributed by atoms with E-state index >= 15 is 0 Å². The van der Waals surface area contributed by atoms with Crippen LogP contribution in [0, 0.1) is 11.8 Å². The van der Waals surface area contributed by atoms with E-state index in [1.165, 1.54) is 22.0 Å². The van der Waals surface area contributed by atoms with Gasteiger partial charge in [0.25, 0.3) is 0 Å². The van der Waals surface area contributed by atoms with E-state index < -0.39 is 5.92 Å². The van der Waals surface area contributed by atoms with Crippen molar-refractivity contribution in [1.29, 1.82) is 0 Å². The maximum atomic E-state index is 11.9. The third-order valence-electron chi connectivity index (χ3n) is 6.36. The van der Waals surface area contributed by atoms with E-state index in [9.17, 15) is 9.59 Å². The number of aromatic nitrogens is 1.